The Balaban J connectivity index is 1.73. The van der Waals surface area contributed by atoms with Crippen molar-refractivity contribution in [3.8, 4) is 17.6 Å². The predicted octanol–water partition coefficient (Wildman–Crippen LogP) is 3.69. The summed E-state index contributed by atoms with van der Waals surface area (Å²) in [5, 5.41) is 11.7. The predicted molar refractivity (Wildman–Crippen MR) is 86.3 cm³/mol. The molecule has 0 aliphatic carbocycles. The quantitative estimate of drug-likeness (QED) is 0.901. The van der Waals surface area contributed by atoms with E-state index in [2.05, 4.69) is 10.1 Å². The average Bonchev–Trinajstić information content (AvgIpc) is 3.07. The molecule has 26 heavy (non-hydrogen) atoms. The van der Waals surface area contributed by atoms with Crippen LogP contribution in [0.15, 0.2) is 36.4 Å². The minimum absolute atomic E-state index is 0.102. The van der Waals surface area contributed by atoms with Crippen molar-refractivity contribution in [2.45, 2.75) is 12.6 Å². The molecule has 5 nitrogen and oxygen atoms in total. The normalized spacial score (nSPS) is 12.7. The van der Waals surface area contributed by atoms with Crippen LogP contribution in [0.4, 0.5) is 18.9 Å². The average molecular weight is 362 g/mol. The number of halogens is 3. The summed E-state index contributed by atoms with van der Waals surface area (Å²) in [7, 11) is 0. The van der Waals surface area contributed by atoms with Crippen LogP contribution in [0.2, 0.25) is 0 Å². The molecule has 0 atom stereocenters. The molecule has 0 bridgehead atoms. The van der Waals surface area contributed by atoms with Crippen LogP contribution < -0.4 is 14.8 Å². The summed E-state index contributed by atoms with van der Waals surface area (Å²) >= 11 is 0. The van der Waals surface area contributed by atoms with Crippen molar-refractivity contribution in [2.75, 3.05) is 18.5 Å². The summed E-state index contributed by atoms with van der Waals surface area (Å²) < 4.78 is 46.7. The third-order valence-corrected chi connectivity index (χ3v) is 3.70. The molecule has 0 saturated heterocycles. The number of hydrogen-bond donors (Lipinski definition) is 1. The van der Waals surface area contributed by atoms with Gasteiger partial charge >= 0.3 is 6.18 Å². The maximum Gasteiger partial charge on any atom is 0.422 e. The van der Waals surface area contributed by atoms with Crippen LogP contribution in [-0.2, 0) is 6.42 Å². The Hall–Kier alpha value is -3.21. The molecular weight excluding hydrogens is 349 g/mol. The molecule has 2 aromatic rings. The number of ether oxygens (including phenoxy) is 2. The second-order valence-corrected chi connectivity index (χ2v) is 5.60. The van der Waals surface area contributed by atoms with Crippen molar-refractivity contribution in [3.63, 3.8) is 0 Å². The first-order valence-corrected chi connectivity index (χ1v) is 7.66. The number of benzene rings is 2. The third-order valence-electron chi connectivity index (χ3n) is 3.70. The van der Waals surface area contributed by atoms with Gasteiger partial charge in [-0.25, -0.2) is 0 Å². The number of nitriles is 1. The molecule has 0 radical (unpaired) electrons. The van der Waals surface area contributed by atoms with Gasteiger partial charge in [0.05, 0.1) is 12.2 Å². The largest absolute Gasteiger partial charge is 0.493 e. The minimum Gasteiger partial charge on any atom is -0.493 e. The van der Waals surface area contributed by atoms with E-state index in [1.165, 1.54) is 18.2 Å². The second-order valence-electron chi connectivity index (χ2n) is 5.60. The number of rotatable bonds is 4. The Bertz CT molecular complexity index is 888. The van der Waals surface area contributed by atoms with Crippen LogP contribution in [0, 0.1) is 11.3 Å². The number of amides is 1. The van der Waals surface area contributed by atoms with Crippen LogP contribution in [0.5, 0.6) is 11.5 Å². The molecule has 3 rings (SSSR count). The van der Waals surface area contributed by atoms with E-state index in [9.17, 15) is 18.0 Å². The van der Waals surface area contributed by atoms with Crippen LogP contribution in [0.25, 0.3) is 0 Å². The SMILES string of the molecule is N#Cc1cc(NC(=O)c2ccc3c(c2)CCO3)ccc1OCC(F)(F)F. The lowest BCUT2D eigenvalue weighted by atomic mass is 10.1. The molecule has 134 valence electrons. The zero-order valence-electron chi connectivity index (χ0n) is 13.4. The fraction of sp³-hybridized carbons (Fsp3) is 0.222. The lowest BCUT2D eigenvalue weighted by Crippen LogP contribution is -2.19. The summed E-state index contributed by atoms with van der Waals surface area (Å²) in [5.41, 5.74) is 1.54. The van der Waals surface area contributed by atoms with Gasteiger partial charge in [0.2, 0.25) is 0 Å². The van der Waals surface area contributed by atoms with E-state index < -0.39 is 18.7 Å². The number of carbonyl (C=O) groups is 1. The number of anilines is 1. The van der Waals surface area contributed by atoms with E-state index in [1.54, 1.807) is 24.3 Å². The fourth-order valence-electron chi connectivity index (χ4n) is 2.51. The summed E-state index contributed by atoms with van der Waals surface area (Å²) in [6.07, 6.45) is -3.78. The van der Waals surface area contributed by atoms with Gasteiger partial charge in [0, 0.05) is 17.7 Å². The molecule has 0 saturated carbocycles. The highest BCUT2D eigenvalue weighted by atomic mass is 19.4. The van der Waals surface area contributed by atoms with Crippen molar-refractivity contribution < 1.29 is 27.4 Å². The topological polar surface area (TPSA) is 71.4 Å². The second kappa shape index (κ2) is 6.96. The maximum atomic E-state index is 12.3. The minimum atomic E-state index is -4.50. The van der Waals surface area contributed by atoms with Gasteiger partial charge in [-0.1, -0.05) is 0 Å². The van der Waals surface area contributed by atoms with Gasteiger partial charge in [0.1, 0.15) is 17.6 Å². The Morgan fingerprint density at radius 1 is 1.27 bits per heavy atom. The van der Waals surface area contributed by atoms with Crippen molar-refractivity contribution in [2.24, 2.45) is 0 Å². The molecule has 0 aromatic heterocycles. The highest BCUT2D eigenvalue weighted by Gasteiger charge is 2.29. The number of alkyl halides is 3. The first-order chi connectivity index (χ1) is 12.4. The fourth-order valence-corrected chi connectivity index (χ4v) is 2.51. The zero-order valence-corrected chi connectivity index (χ0v) is 13.4. The molecule has 1 aliphatic rings. The van der Waals surface area contributed by atoms with Crippen molar-refractivity contribution in [1.82, 2.24) is 0 Å². The van der Waals surface area contributed by atoms with Crippen LogP contribution in [-0.4, -0.2) is 25.3 Å². The van der Waals surface area contributed by atoms with Gasteiger partial charge in [-0.15, -0.1) is 0 Å². The smallest absolute Gasteiger partial charge is 0.422 e. The first kappa shape index (κ1) is 17.6. The van der Waals surface area contributed by atoms with Gasteiger partial charge in [0.25, 0.3) is 5.91 Å². The molecule has 1 N–H and O–H groups in total. The van der Waals surface area contributed by atoms with E-state index in [1.807, 2.05) is 0 Å². The number of fused-ring (bicyclic) bond motifs is 1. The molecule has 1 heterocycles. The van der Waals surface area contributed by atoms with Crippen LogP contribution in [0.1, 0.15) is 21.5 Å². The lowest BCUT2D eigenvalue weighted by molar-refractivity contribution is -0.153. The molecule has 1 amide bonds. The highest BCUT2D eigenvalue weighted by molar-refractivity contribution is 6.04. The van der Waals surface area contributed by atoms with Gasteiger partial charge in [0.15, 0.2) is 6.61 Å². The van der Waals surface area contributed by atoms with E-state index >= 15 is 0 Å². The molecule has 2 aromatic carbocycles. The molecule has 0 unspecified atom stereocenters. The number of nitrogens with one attached hydrogen (secondary N) is 1. The molecule has 0 spiro atoms. The number of carbonyl (C=O) groups excluding carboxylic acids is 1. The third kappa shape index (κ3) is 4.06. The van der Waals surface area contributed by atoms with Crippen molar-refractivity contribution in [3.05, 3.63) is 53.1 Å². The summed E-state index contributed by atoms with van der Waals surface area (Å²) in [4.78, 5) is 12.3. The van der Waals surface area contributed by atoms with Crippen LogP contribution >= 0.6 is 0 Å². The van der Waals surface area contributed by atoms with E-state index in [0.717, 1.165) is 17.7 Å². The van der Waals surface area contributed by atoms with E-state index in [4.69, 9.17) is 10.00 Å². The zero-order chi connectivity index (χ0) is 18.7. The van der Waals surface area contributed by atoms with Crippen molar-refractivity contribution >= 4 is 11.6 Å². The van der Waals surface area contributed by atoms with Crippen LogP contribution in [0.3, 0.4) is 0 Å². The van der Waals surface area contributed by atoms with E-state index in [0.29, 0.717) is 12.2 Å². The Labute approximate surface area is 146 Å². The Morgan fingerprint density at radius 3 is 2.81 bits per heavy atom. The molecular formula is C18H13F3N2O3. The maximum absolute atomic E-state index is 12.3. The summed E-state index contributed by atoms with van der Waals surface area (Å²) in [5.74, 6) is 0.157. The van der Waals surface area contributed by atoms with Gasteiger partial charge in [-0.05, 0) is 42.0 Å². The summed E-state index contributed by atoms with van der Waals surface area (Å²) in [6, 6.07) is 10.7. The Kier molecular flexibility index (Phi) is 4.71. The Morgan fingerprint density at radius 2 is 2.08 bits per heavy atom. The van der Waals surface area contributed by atoms with Gasteiger partial charge in [-0.2, -0.15) is 18.4 Å². The molecule has 1 aliphatic heterocycles. The monoisotopic (exact) mass is 362 g/mol. The molecule has 0 fully saturated rings. The van der Waals surface area contributed by atoms with Gasteiger partial charge < -0.3 is 14.8 Å². The van der Waals surface area contributed by atoms with E-state index in [-0.39, 0.29) is 17.0 Å². The number of nitrogens with zero attached hydrogens (tertiary/aromatic N) is 1. The van der Waals surface area contributed by atoms with Crippen molar-refractivity contribution in [1.29, 1.82) is 5.26 Å². The molecule has 8 heteroatoms. The highest BCUT2D eigenvalue weighted by Crippen LogP contribution is 2.27. The lowest BCUT2D eigenvalue weighted by Gasteiger charge is -2.12. The standard InChI is InChI=1S/C18H13F3N2O3/c19-18(20,21)10-26-16-4-2-14(8-13(16)9-22)23-17(24)12-1-3-15-11(7-12)5-6-25-15/h1-4,7-8H,5-6,10H2,(H,23,24). The summed E-state index contributed by atoms with van der Waals surface area (Å²) in [6.45, 7) is -0.921. The first-order valence-electron chi connectivity index (χ1n) is 7.66. The number of hydrogen-bond acceptors (Lipinski definition) is 4. The van der Waals surface area contributed by atoms with Gasteiger partial charge in [-0.3, -0.25) is 4.79 Å².